The van der Waals surface area contributed by atoms with Crippen LogP contribution in [0.4, 0.5) is 0 Å². The molecule has 2 nitrogen and oxygen atoms in total. The average Bonchev–Trinajstić information content (AvgIpc) is 3.77. The standard InChI is InChI=1S/C56H34N2/c1-2-17-39(18-3-1)55-45-23-9-7-20-41(45)43-22-14-27-49(52(43)55)56(48-26-12-11-25-47(48)55)46-24-10-6-19-40(46)42-32-31-38(34-50(42)56)54-57-51-28-13-8-21-44(51)53(58-54)37-30-29-35-15-4-5-16-36(35)33-37/h1-34H. The molecule has 0 fully saturated rings. The molecule has 0 saturated carbocycles. The third-order valence-electron chi connectivity index (χ3n) is 13.3. The van der Waals surface area contributed by atoms with Gasteiger partial charge in [0.1, 0.15) is 0 Å². The lowest BCUT2D eigenvalue weighted by Gasteiger charge is -2.48. The molecule has 0 aliphatic heterocycles. The van der Waals surface area contributed by atoms with Crippen molar-refractivity contribution in [2.45, 2.75) is 10.8 Å². The Morgan fingerprint density at radius 2 is 0.914 bits per heavy atom. The molecule has 58 heavy (non-hydrogen) atoms. The molecular formula is C56H34N2. The fourth-order valence-corrected chi connectivity index (χ4v) is 11.1. The molecule has 268 valence electrons. The van der Waals surface area contributed by atoms with E-state index in [1.54, 1.807) is 0 Å². The van der Waals surface area contributed by atoms with E-state index in [4.69, 9.17) is 9.97 Å². The van der Waals surface area contributed by atoms with Gasteiger partial charge in [-0.3, -0.25) is 0 Å². The zero-order valence-electron chi connectivity index (χ0n) is 31.5. The number of hydrogen-bond donors (Lipinski definition) is 0. The Bertz CT molecular complexity index is 3360. The molecule has 1 spiro atoms. The molecule has 10 aromatic rings. The first-order valence-corrected chi connectivity index (χ1v) is 20.2. The molecule has 2 atom stereocenters. The fraction of sp³-hybridized carbons (Fsp3) is 0.0357. The second kappa shape index (κ2) is 11.6. The minimum Gasteiger partial charge on any atom is -0.228 e. The Labute approximate surface area is 336 Å². The molecule has 2 unspecified atom stereocenters. The molecule has 0 N–H and O–H groups in total. The highest BCUT2D eigenvalue weighted by atomic mass is 14.9. The Hall–Kier alpha value is -7.42. The van der Waals surface area contributed by atoms with Gasteiger partial charge >= 0.3 is 0 Å². The van der Waals surface area contributed by atoms with E-state index in [9.17, 15) is 0 Å². The van der Waals surface area contributed by atoms with E-state index in [2.05, 4.69) is 206 Å². The third kappa shape index (κ3) is 3.92. The van der Waals surface area contributed by atoms with Crippen molar-refractivity contribution in [3.63, 3.8) is 0 Å². The highest BCUT2D eigenvalue weighted by Crippen LogP contribution is 2.68. The SMILES string of the molecule is c1ccc(C23c4ccccc4-c4cccc(c42)C2(c4ccccc4-c4ccc(-c5nc(-c6ccc7ccccc7c6)c6ccccc6n5)cc42)c2ccccc23)cc1. The van der Waals surface area contributed by atoms with Crippen LogP contribution >= 0.6 is 0 Å². The second-order valence-electron chi connectivity index (χ2n) is 16.0. The quantitative estimate of drug-likeness (QED) is 0.181. The smallest absolute Gasteiger partial charge is 0.160 e. The summed E-state index contributed by atoms with van der Waals surface area (Å²) in [7, 11) is 0. The van der Waals surface area contributed by atoms with Crippen LogP contribution in [0.25, 0.3) is 66.6 Å². The second-order valence-corrected chi connectivity index (χ2v) is 16.0. The molecular weight excluding hydrogens is 701 g/mol. The maximum Gasteiger partial charge on any atom is 0.160 e. The molecule has 3 aliphatic carbocycles. The van der Waals surface area contributed by atoms with Crippen molar-refractivity contribution in [1.29, 1.82) is 0 Å². The maximum atomic E-state index is 5.45. The lowest BCUT2D eigenvalue weighted by Crippen LogP contribution is -2.43. The van der Waals surface area contributed by atoms with Gasteiger partial charge in [-0.25, -0.2) is 9.97 Å². The van der Waals surface area contributed by atoms with Crippen molar-refractivity contribution < 1.29 is 0 Å². The molecule has 1 aromatic heterocycles. The summed E-state index contributed by atoms with van der Waals surface area (Å²) in [6, 6.07) is 76.3. The van der Waals surface area contributed by atoms with Gasteiger partial charge in [0, 0.05) is 16.5 Å². The van der Waals surface area contributed by atoms with Crippen LogP contribution in [0.3, 0.4) is 0 Å². The van der Waals surface area contributed by atoms with Crippen molar-refractivity contribution in [3.8, 4) is 44.9 Å². The van der Waals surface area contributed by atoms with Gasteiger partial charge < -0.3 is 0 Å². The van der Waals surface area contributed by atoms with Crippen molar-refractivity contribution in [3.05, 3.63) is 251 Å². The van der Waals surface area contributed by atoms with Gasteiger partial charge in [-0.05, 0) is 95.7 Å². The van der Waals surface area contributed by atoms with Gasteiger partial charge in [-0.15, -0.1) is 0 Å². The molecule has 0 bridgehead atoms. The van der Waals surface area contributed by atoms with Gasteiger partial charge in [-0.1, -0.05) is 188 Å². The van der Waals surface area contributed by atoms with Gasteiger partial charge in [0.15, 0.2) is 5.82 Å². The van der Waals surface area contributed by atoms with Crippen LogP contribution in [-0.4, -0.2) is 9.97 Å². The zero-order chi connectivity index (χ0) is 38.0. The minimum absolute atomic E-state index is 0.475. The molecule has 1 heterocycles. The van der Waals surface area contributed by atoms with Crippen LogP contribution < -0.4 is 0 Å². The van der Waals surface area contributed by atoms with Crippen molar-refractivity contribution in [2.24, 2.45) is 0 Å². The first-order valence-electron chi connectivity index (χ1n) is 20.2. The van der Waals surface area contributed by atoms with Crippen molar-refractivity contribution in [1.82, 2.24) is 9.97 Å². The van der Waals surface area contributed by atoms with E-state index in [1.165, 1.54) is 77.5 Å². The normalized spacial score (nSPS) is 17.8. The first kappa shape index (κ1) is 31.7. The molecule has 2 heteroatoms. The van der Waals surface area contributed by atoms with Crippen molar-refractivity contribution >= 4 is 21.7 Å². The lowest BCUT2D eigenvalue weighted by molar-refractivity contribution is 0.636. The van der Waals surface area contributed by atoms with Gasteiger partial charge in [0.25, 0.3) is 0 Å². The third-order valence-corrected chi connectivity index (χ3v) is 13.3. The fourth-order valence-electron chi connectivity index (χ4n) is 11.1. The number of nitrogens with zero attached hydrogens (tertiary/aromatic N) is 2. The molecule has 13 rings (SSSR count). The maximum absolute atomic E-state index is 5.45. The number of aromatic nitrogens is 2. The first-order chi connectivity index (χ1) is 28.8. The van der Waals surface area contributed by atoms with E-state index in [0.29, 0.717) is 0 Å². The van der Waals surface area contributed by atoms with Gasteiger partial charge in [-0.2, -0.15) is 0 Å². The van der Waals surface area contributed by atoms with Gasteiger partial charge in [0.05, 0.1) is 22.0 Å². The van der Waals surface area contributed by atoms with E-state index in [1.807, 2.05) is 0 Å². The van der Waals surface area contributed by atoms with E-state index >= 15 is 0 Å². The van der Waals surface area contributed by atoms with Crippen LogP contribution in [0.5, 0.6) is 0 Å². The Balaban J connectivity index is 1.12. The highest BCUT2D eigenvalue weighted by molar-refractivity contribution is 5.99. The summed E-state index contributed by atoms with van der Waals surface area (Å²) in [4.78, 5) is 10.7. The summed E-state index contributed by atoms with van der Waals surface area (Å²) in [5.41, 5.74) is 18.7. The summed E-state index contributed by atoms with van der Waals surface area (Å²) in [5, 5.41) is 3.46. The monoisotopic (exact) mass is 734 g/mol. The van der Waals surface area contributed by atoms with E-state index in [-0.39, 0.29) is 0 Å². The number of hydrogen-bond acceptors (Lipinski definition) is 2. The summed E-state index contributed by atoms with van der Waals surface area (Å²) in [5.74, 6) is 0.726. The van der Waals surface area contributed by atoms with Crippen molar-refractivity contribution in [2.75, 3.05) is 0 Å². The lowest BCUT2D eigenvalue weighted by atomic mass is 9.52. The predicted octanol–water partition coefficient (Wildman–Crippen LogP) is 13.2. The number of rotatable bonds is 3. The molecule has 9 aromatic carbocycles. The van der Waals surface area contributed by atoms with Crippen LogP contribution in [0.15, 0.2) is 206 Å². The van der Waals surface area contributed by atoms with Crippen LogP contribution in [0, 0.1) is 0 Å². The average molecular weight is 735 g/mol. The number of fused-ring (bicyclic) bond motifs is 14. The van der Waals surface area contributed by atoms with Crippen LogP contribution in [0.2, 0.25) is 0 Å². The molecule has 0 radical (unpaired) electrons. The molecule has 0 amide bonds. The zero-order valence-corrected chi connectivity index (χ0v) is 31.5. The Morgan fingerprint density at radius 3 is 1.74 bits per heavy atom. The van der Waals surface area contributed by atoms with Gasteiger partial charge in [0.2, 0.25) is 0 Å². The summed E-state index contributed by atoms with van der Waals surface area (Å²) in [6.07, 6.45) is 0. The summed E-state index contributed by atoms with van der Waals surface area (Å²) < 4.78 is 0. The molecule has 3 aliphatic rings. The minimum atomic E-state index is -0.581. The van der Waals surface area contributed by atoms with Crippen LogP contribution in [-0.2, 0) is 10.8 Å². The summed E-state index contributed by atoms with van der Waals surface area (Å²) >= 11 is 0. The predicted molar refractivity (Wildman–Crippen MR) is 236 cm³/mol. The summed E-state index contributed by atoms with van der Waals surface area (Å²) in [6.45, 7) is 0. The highest BCUT2D eigenvalue weighted by Gasteiger charge is 2.59. The largest absolute Gasteiger partial charge is 0.228 e. The Kier molecular flexibility index (Phi) is 6.33. The van der Waals surface area contributed by atoms with E-state index in [0.717, 1.165) is 33.5 Å². The number of benzene rings is 9. The molecule has 0 saturated heterocycles. The topological polar surface area (TPSA) is 25.8 Å². The Morgan fingerprint density at radius 1 is 0.328 bits per heavy atom. The number of para-hydroxylation sites is 1. The van der Waals surface area contributed by atoms with E-state index < -0.39 is 10.8 Å². The van der Waals surface area contributed by atoms with Crippen LogP contribution in [0.1, 0.15) is 44.5 Å².